The maximum atomic E-state index is 10.4. The molecule has 3 nitrogen and oxygen atoms in total. The van der Waals surface area contributed by atoms with Crippen molar-refractivity contribution in [3.05, 3.63) is 65.5 Å². The van der Waals surface area contributed by atoms with Crippen molar-refractivity contribution in [2.45, 2.75) is 50.9 Å². The van der Waals surface area contributed by atoms with Crippen LogP contribution in [0.5, 0.6) is 0 Å². The molecule has 0 bridgehead atoms. The summed E-state index contributed by atoms with van der Waals surface area (Å²) in [5, 5.41) is 10.4. The third-order valence-corrected chi connectivity index (χ3v) is 8.55. The summed E-state index contributed by atoms with van der Waals surface area (Å²) in [5.41, 5.74) is 2.91. The summed E-state index contributed by atoms with van der Waals surface area (Å²) in [7, 11) is -2.16. The first-order valence-electron chi connectivity index (χ1n) is 8.10. The van der Waals surface area contributed by atoms with Crippen LogP contribution in [0, 0.1) is 0 Å². The number of aryl methyl sites for hydroxylation is 1. The van der Waals surface area contributed by atoms with Crippen LogP contribution in [-0.2, 0) is 6.42 Å². The first-order chi connectivity index (χ1) is 10.7. The molecular formula is C19H27NO2Si. The van der Waals surface area contributed by atoms with Crippen molar-refractivity contribution in [3.8, 4) is 0 Å². The molecule has 4 heteroatoms. The van der Waals surface area contributed by atoms with Crippen LogP contribution in [0.4, 0.5) is 0 Å². The van der Waals surface area contributed by atoms with Crippen LogP contribution in [0.25, 0.3) is 0 Å². The number of benzene rings is 1. The molecule has 0 aliphatic carbocycles. The molecule has 124 valence electrons. The minimum absolute atomic E-state index is 0.0130. The Morgan fingerprint density at radius 1 is 1.09 bits per heavy atom. The Bertz CT molecular complexity index is 618. The van der Waals surface area contributed by atoms with E-state index in [-0.39, 0.29) is 5.04 Å². The van der Waals surface area contributed by atoms with Crippen LogP contribution in [0.1, 0.15) is 43.1 Å². The molecule has 2 N–H and O–H groups in total. The maximum Gasteiger partial charge on any atom is 0.188 e. The molecule has 1 heterocycles. The molecule has 1 aromatic heterocycles. The minimum Gasteiger partial charge on any atom is -0.432 e. The second kappa shape index (κ2) is 6.95. The van der Waals surface area contributed by atoms with Crippen molar-refractivity contribution >= 4 is 8.32 Å². The van der Waals surface area contributed by atoms with Gasteiger partial charge in [-0.05, 0) is 48.2 Å². The van der Waals surface area contributed by atoms with Crippen LogP contribution in [-0.4, -0.2) is 23.2 Å². The summed E-state index contributed by atoms with van der Waals surface area (Å²) in [6, 6.07) is 11.8. The van der Waals surface area contributed by atoms with E-state index < -0.39 is 14.4 Å². The Labute approximate surface area is 140 Å². The van der Waals surface area contributed by atoms with Crippen LogP contribution in [0.3, 0.4) is 0 Å². The van der Waals surface area contributed by atoms with E-state index in [2.05, 4.69) is 31.0 Å². The summed E-state index contributed by atoms with van der Waals surface area (Å²) < 4.78 is 0. The van der Waals surface area contributed by atoms with Gasteiger partial charge in [0.2, 0.25) is 0 Å². The molecule has 0 fully saturated rings. The highest BCUT2D eigenvalue weighted by molar-refractivity contribution is 6.72. The fraction of sp³-hybridized carbons (Fsp3) is 0.421. The smallest absolute Gasteiger partial charge is 0.188 e. The number of aliphatic hydroxyl groups is 1. The van der Waals surface area contributed by atoms with Gasteiger partial charge in [0.05, 0.1) is 0 Å². The van der Waals surface area contributed by atoms with Gasteiger partial charge in [0, 0.05) is 18.0 Å². The van der Waals surface area contributed by atoms with Gasteiger partial charge in [0.1, 0.15) is 6.10 Å². The monoisotopic (exact) mass is 329 g/mol. The lowest BCUT2D eigenvalue weighted by atomic mass is 9.98. The summed E-state index contributed by atoms with van der Waals surface area (Å²) in [6.45, 7) is 8.31. The van der Waals surface area contributed by atoms with Gasteiger partial charge in [-0.15, -0.1) is 0 Å². The van der Waals surface area contributed by atoms with E-state index in [0.29, 0.717) is 0 Å². The predicted octanol–water partition coefficient (Wildman–Crippen LogP) is 4.07. The average molecular weight is 330 g/mol. The largest absolute Gasteiger partial charge is 0.432 e. The molecular weight excluding hydrogens is 302 g/mol. The number of aliphatic hydroxyl groups excluding tert-OH is 1. The zero-order valence-corrected chi connectivity index (χ0v) is 15.5. The van der Waals surface area contributed by atoms with E-state index in [1.54, 1.807) is 12.4 Å². The lowest BCUT2D eigenvalue weighted by Crippen LogP contribution is -2.39. The second-order valence-electron chi connectivity index (χ2n) is 7.37. The molecule has 0 saturated carbocycles. The van der Waals surface area contributed by atoms with E-state index in [1.165, 1.54) is 5.56 Å². The number of nitrogens with zero attached hydrogens (tertiary/aromatic N) is 1. The zero-order valence-electron chi connectivity index (χ0n) is 14.5. The molecule has 0 saturated heterocycles. The first-order valence-corrected chi connectivity index (χ1v) is 11.0. The molecule has 0 spiro atoms. The van der Waals surface area contributed by atoms with Gasteiger partial charge in [-0.3, -0.25) is 4.98 Å². The Kier molecular flexibility index (Phi) is 5.40. The quantitative estimate of drug-likeness (QED) is 0.785. The van der Waals surface area contributed by atoms with Crippen LogP contribution < -0.4 is 0 Å². The van der Waals surface area contributed by atoms with Crippen molar-refractivity contribution in [2.75, 3.05) is 0 Å². The maximum absolute atomic E-state index is 10.4. The van der Waals surface area contributed by atoms with Gasteiger partial charge in [0.15, 0.2) is 8.32 Å². The number of pyridine rings is 1. The number of hydrogen-bond donors (Lipinski definition) is 2. The molecule has 2 rings (SSSR count). The van der Waals surface area contributed by atoms with Gasteiger partial charge in [-0.1, -0.05) is 44.2 Å². The standard InChI is InChI=1S/C19H27NO2Si/c1-19(2,23(3,4)22)12-11-15-7-9-16(10-8-15)18(21)17-6-5-13-20-14-17/h5-10,13-14,18,21-22H,11-12H2,1-4H3. The Balaban J connectivity index is 2.03. The van der Waals surface area contributed by atoms with E-state index in [1.807, 2.05) is 37.4 Å². The molecule has 2 aromatic rings. The van der Waals surface area contributed by atoms with E-state index in [0.717, 1.165) is 24.0 Å². The van der Waals surface area contributed by atoms with Gasteiger partial charge in [-0.2, -0.15) is 0 Å². The van der Waals surface area contributed by atoms with Crippen molar-refractivity contribution in [1.29, 1.82) is 0 Å². The first kappa shape index (κ1) is 17.9. The van der Waals surface area contributed by atoms with Gasteiger partial charge in [0.25, 0.3) is 0 Å². The van der Waals surface area contributed by atoms with E-state index >= 15 is 0 Å². The normalized spacial score (nSPS) is 13.8. The van der Waals surface area contributed by atoms with E-state index in [9.17, 15) is 9.90 Å². The predicted molar refractivity (Wildman–Crippen MR) is 96.8 cm³/mol. The van der Waals surface area contributed by atoms with Crippen molar-refractivity contribution in [2.24, 2.45) is 0 Å². The van der Waals surface area contributed by atoms with Gasteiger partial charge >= 0.3 is 0 Å². The molecule has 0 aliphatic rings. The van der Waals surface area contributed by atoms with Crippen molar-refractivity contribution < 1.29 is 9.90 Å². The Hall–Kier alpha value is -1.49. The second-order valence-corrected chi connectivity index (χ2v) is 11.8. The molecule has 0 amide bonds. The summed E-state index contributed by atoms with van der Waals surface area (Å²) in [4.78, 5) is 14.4. The molecule has 0 aliphatic heterocycles. The number of rotatable bonds is 6. The SMILES string of the molecule is CC(C)(CCc1ccc(C(O)c2cccnc2)cc1)[Si](C)(C)O. The summed E-state index contributed by atoms with van der Waals surface area (Å²) in [6.07, 6.45) is 4.65. The fourth-order valence-corrected chi connectivity index (χ4v) is 3.10. The summed E-state index contributed by atoms with van der Waals surface area (Å²) in [5.74, 6) is 0. The van der Waals surface area contributed by atoms with Crippen molar-refractivity contribution in [3.63, 3.8) is 0 Å². The highest BCUT2D eigenvalue weighted by Gasteiger charge is 2.37. The topological polar surface area (TPSA) is 53.4 Å². The van der Waals surface area contributed by atoms with E-state index in [4.69, 9.17) is 0 Å². The fourth-order valence-electron chi connectivity index (χ4n) is 2.36. The van der Waals surface area contributed by atoms with Crippen LogP contribution in [0.2, 0.25) is 18.1 Å². The lowest BCUT2D eigenvalue weighted by molar-refractivity contribution is 0.220. The van der Waals surface area contributed by atoms with Crippen molar-refractivity contribution in [1.82, 2.24) is 4.98 Å². The third-order valence-electron chi connectivity index (χ3n) is 4.99. The Morgan fingerprint density at radius 2 is 1.74 bits per heavy atom. The third kappa shape index (κ3) is 4.50. The highest BCUT2D eigenvalue weighted by Crippen LogP contribution is 2.39. The lowest BCUT2D eigenvalue weighted by Gasteiger charge is -2.35. The minimum atomic E-state index is -2.16. The zero-order chi connectivity index (χ0) is 17.1. The summed E-state index contributed by atoms with van der Waals surface area (Å²) >= 11 is 0. The van der Waals surface area contributed by atoms with Crippen LogP contribution in [0.15, 0.2) is 48.8 Å². The molecule has 23 heavy (non-hydrogen) atoms. The molecule has 1 unspecified atom stereocenters. The number of aromatic nitrogens is 1. The Morgan fingerprint density at radius 3 is 2.26 bits per heavy atom. The highest BCUT2D eigenvalue weighted by atomic mass is 28.4. The number of hydrogen-bond acceptors (Lipinski definition) is 3. The molecule has 0 radical (unpaired) electrons. The average Bonchev–Trinajstić information content (AvgIpc) is 2.52. The molecule has 1 aromatic carbocycles. The van der Waals surface area contributed by atoms with Gasteiger partial charge in [-0.25, -0.2) is 0 Å². The van der Waals surface area contributed by atoms with Crippen LogP contribution >= 0.6 is 0 Å². The van der Waals surface area contributed by atoms with Gasteiger partial charge < -0.3 is 9.90 Å². The molecule has 1 atom stereocenters.